The molecule has 2 N–H and O–H groups in total. The third kappa shape index (κ3) is 3.18. The van der Waals surface area contributed by atoms with Gasteiger partial charge in [0.1, 0.15) is 17.2 Å². The molecular weight excluding hydrogens is 396 g/mol. The van der Waals surface area contributed by atoms with Crippen molar-refractivity contribution in [2.75, 3.05) is 14.2 Å². The first-order chi connectivity index (χ1) is 15.1. The van der Waals surface area contributed by atoms with E-state index in [9.17, 15) is 10.2 Å². The zero-order valence-electron chi connectivity index (χ0n) is 17.1. The molecule has 0 aliphatic carbocycles. The lowest BCUT2D eigenvalue weighted by Gasteiger charge is -2.38. The van der Waals surface area contributed by atoms with Crippen molar-refractivity contribution in [3.63, 3.8) is 0 Å². The summed E-state index contributed by atoms with van der Waals surface area (Å²) in [6.45, 7) is 0. The van der Waals surface area contributed by atoms with E-state index < -0.39 is 6.23 Å². The van der Waals surface area contributed by atoms with Crippen LogP contribution in [-0.2, 0) is 0 Å². The Balaban J connectivity index is 1.64. The summed E-state index contributed by atoms with van der Waals surface area (Å²) in [4.78, 5) is 0. The summed E-state index contributed by atoms with van der Waals surface area (Å²) in [6.07, 6.45) is 0.00527. The topological polar surface area (TPSA) is 83.8 Å². The molecule has 7 heteroatoms. The smallest absolute Gasteiger partial charge is 0.214 e. The zero-order chi connectivity index (χ0) is 21.5. The molecule has 3 aromatic rings. The number of hydrogen-bond acceptors (Lipinski definition) is 7. The van der Waals surface area contributed by atoms with Crippen LogP contribution in [0.15, 0.2) is 65.8 Å². The van der Waals surface area contributed by atoms with Gasteiger partial charge < -0.3 is 24.4 Å². The molecule has 0 bridgehead atoms. The van der Waals surface area contributed by atoms with Crippen LogP contribution in [0.4, 0.5) is 0 Å². The minimum atomic E-state index is -0.564. The van der Waals surface area contributed by atoms with Gasteiger partial charge in [0.25, 0.3) is 0 Å². The molecule has 0 spiro atoms. The van der Waals surface area contributed by atoms with Gasteiger partial charge in [-0.15, -0.1) is 0 Å². The molecule has 2 heterocycles. The molecule has 3 aromatic carbocycles. The minimum Gasteiger partial charge on any atom is -0.508 e. The van der Waals surface area contributed by atoms with Crippen molar-refractivity contribution in [2.24, 2.45) is 5.10 Å². The van der Waals surface area contributed by atoms with Gasteiger partial charge in [-0.05, 0) is 36.4 Å². The van der Waals surface area contributed by atoms with Gasteiger partial charge in [-0.2, -0.15) is 5.10 Å². The number of hydrazone groups is 1. The highest BCUT2D eigenvalue weighted by Crippen LogP contribution is 2.51. The second-order valence-electron chi connectivity index (χ2n) is 7.47. The standard InChI is InChI=1S/C24H22N2O5/c1-29-16-9-10-21(28)18(12-16)19-13-20-17-7-4-8-22(30-2)23(17)31-24(26(20)25-19)14-5-3-6-15(27)11-14/h3-12,20,24,27-28H,13H2,1-2H3/t20-,24-/m0/s1. The molecule has 158 valence electrons. The highest BCUT2D eigenvalue weighted by Gasteiger charge is 2.42. The molecule has 2 aliphatic heterocycles. The SMILES string of the molecule is COc1ccc(O)c(C2=NN3[C@@H](C2)c2cccc(OC)c2O[C@H]3c2cccc(O)c2)c1. The van der Waals surface area contributed by atoms with E-state index in [0.29, 0.717) is 29.2 Å². The first kappa shape index (κ1) is 19.1. The number of para-hydroxylation sites is 1. The van der Waals surface area contributed by atoms with Crippen LogP contribution in [0.2, 0.25) is 0 Å². The second-order valence-corrected chi connectivity index (χ2v) is 7.47. The summed E-state index contributed by atoms with van der Waals surface area (Å²) in [5, 5.41) is 27.2. The van der Waals surface area contributed by atoms with Gasteiger partial charge in [0.05, 0.1) is 26.0 Å². The van der Waals surface area contributed by atoms with Crippen molar-refractivity contribution < 1.29 is 24.4 Å². The molecule has 5 rings (SSSR count). The summed E-state index contributed by atoms with van der Waals surface area (Å²) >= 11 is 0. The maximum absolute atomic E-state index is 10.5. The summed E-state index contributed by atoms with van der Waals surface area (Å²) in [5.41, 5.74) is 3.07. The maximum atomic E-state index is 10.5. The predicted molar refractivity (Wildman–Crippen MR) is 115 cm³/mol. The summed E-state index contributed by atoms with van der Waals surface area (Å²) in [5.74, 6) is 2.23. The molecular formula is C24H22N2O5. The van der Waals surface area contributed by atoms with Crippen molar-refractivity contribution in [3.8, 4) is 28.7 Å². The number of phenols is 2. The van der Waals surface area contributed by atoms with Crippen molar-refractivity contribution >= 4 is 5.71 Å². The Kier molecular flexibility index (Phi) is 4.58. The fraction of sp³-hybridized carbons (Fsp3) is 0.208. The van der Waals surface area contributed by atoms with Crippen molar-refractivity contribution in [3.05, 3.63) is 77.4 Å². The Morgan fingerprint density at radius 2 is 1.84 bits per heavy atom. The van der Waals surface area contributed by atoms with Crippen LogP contribution in [0, 0.1) is 0 Å². The van der Waals surface area contributed by atoms with E-state index in [1.54, 1.807) is 50.6 Å². The molecule has 2 aliphatic rings. The number of benzene rings is 3. The van der Waals surface area contributed by atoms with Crippen LogP contribution < -0.4 is 14.2 Å². The van der Waals surface area contributed by atoms with Gasteiger partial charge in [0.2, 0.25) is 6.23 Å². The van der Waals surface area contributed by atoms with Gasteiger partial charge >= 0.3 is 0 Å². The summed E-state index contributed by atoms with van der Waals surface area (Å²) < 4.78 is 17.2. The predicted octanol–water partition coefficient (Wildman–Crippen LogP) is 4.36. The Hall–Kier alpha value is -3.87. The molecule has 0 aromatic heterocycles. The van der Waals surface area contributed by atoms with Crippen LogP contribution in [0.3, 0.4) is 0 Å². The van der Waals surface area contributed by atoms with E-state index in [1.807, 2.05) is 29.3 Å². The molecule has 0 unspecified atom stereocenters. The first-order valence-corrected chi connectivity index (χ1v) is 9.94. The van der Waals surface area contributed by atoms with Gasteiger partial charge in [-0.3, -0.25) is 0 Å². The Bertz CT molecular complexity index is 1180. The number of fused-ring (bicyclic) bond motifs is 3. The van der Waals surface area contributed by atoms with Crippen LogP contribution in [-0.4, -0.2) is 35.2 Å². The van der Waals surface area contributed by atoms with Crippen molar-refractivity contribution in [1.82, 2.24) is 5.01 Å². The number of ether oxygens (including phenoxy) is 3. The molecule has 2 atom stereocenters. The zero-order valence-corrected chi connectivity index (χ0v) is 17.1. The lowest BCUT2D eigenvalue weighted by molar-refractivity contribution is -0.0210. The number of rotatable bonds is 4. The lowest BCUT2D eigenvalue weighted by atomic mass is 9.95. The van der Waals surface area contributed by atoms with Gasteiger partial charge in [0.15, 0.2) is 11.5 Å². The van der Waals surface area contributed by atoms with Crippen molar-refractivity contribution in [2.45, 2.75) is 18.7 Å². The van der Waals surface area contributed by atoms with Gasteiger partial charge in [0, 0.05) is 23.1 Å². The van der Waals surface area contributed by atoms with E-state index in [2.05, 4.69) is 0 Å². The number of nitrogens with zero attached hydrogens (tertiary/aromatic N) is 2. The van der Waals surface area contributed by atoms with Gasteiger partial charge in [-0.1, -0.05) is 24.3 Å². The number of hydrogen-bond donors (Lipinski definition) is 2. The number of methoxy groups -OCH3 is 2. The molecule has 0 amide bonds. The third-order valence-electron chi connectivity index (χ3n) is 5.67. The van der Waals surface area contributed by atoms with Crippen molar-refractivity contribution in [1.29, 1.82) is 0 Å². The van der Waals surface area contributed by atoms with E-state index in [1.165, 1.54) is 0 Å². The summed E-state index contributed by atoms with van der Waals surface area (Å²) in [7, 11) is 3.20. The average Bonchev–Trinajstić information content (AvgIpc) is 3.24. The van der Waals surface area contributed by atoms with Crippen LogP contribution in [0.1, 0.15) is 35.4 Å². The van der Waals surface area contributed by atoms with Crippen LogP contribution in [0.5, 0.6) is 28.7 Å². The molecule has 31 heavy (non-hydrogen) atoms. The van der Waals surface area contributed by atoms with Crippen LogP contribution in [0.25, 0.3) is 0 Å². The Morgan fingerprint density at radius 1 is 1.00 bits per heavy atom. The highest BCUT2D eigenvalue weighted by atomic mass is 16.5. The third-order valence-corrected chi connectivity index (χ3v) is 5.67. The van der Waals surface area contributed by atoms with Gasteiger partial charge in [-0.25, -0.2) is 5.01 Å². The lowest BCUT2D eigenvalue weighted by Crippen LogP contribution is -2.33. The maximum Gasteiger partial charge on any atom is 0.214 e. The number of aromatic hydroxyl groups is 2. The molecule has 7 nitrogen and oxygen atoms in total. The monoisotopic (exact) mass is 418 g/mol. The van der Waals surface area contributed by atoms with E-state index in [-0.39, 0.29) is 17.5 Å². The molecule has 0 saturated carbocycles. The molecule has 0 radical (unpaired) electrons. The fourth-order valence-corrected chi connectivity index (χ4v) is 4.18. The second kappa shape index (κ2) is 7.43. The first-order valence-electron chi connectivity index (χ1n) is 9.94. The normalized spacial score (nSPS) is 19.2. The van der Waals surface area contributed by atoms with E-state index in [4.69, 9.17) is 19.3 Å². The quantitative estimate of drug-likeness (QED) is 0.655. The molecule has 0 saturated heterocycles. The van der Waals surface area contributed by atoms with E-state index in [0.717, 1.165) is 16.8 Å². The summed E-state index contributed by atoms with van der Waals surface area (Å²) in [6, 6.07) is 17.7. The molecule has 0 fully saturated rings. The Labute approximate surface area is 179 Å². The fourth-order valence-electron chi connectivity index (χ4n) is 4.18. The highest BCUT2D eigenvalue weighted by molar-refractivity contribution is 6.04. The van der Waals surface area contributed by atoms with Crippen LogP contribution >= 0.6 is 0 Å². The average molecular weight is 418 g/mol. The largest absolute Gasteiger partial charge is 0.508 e. The number of phenolic OH excluding ortho intramolecular Hbond substituents is 2. The van der Waals surface area contributed by atoms with E-state index >= 15 is 0 Å². The Morgan fingerprint density at radius 3 is 2.61 bits per heavy atom. The minimum absolute atomic E-state index is 0.119.